The molecule has 112 valence electrons. The van der Waals surface area contributed by atoms with Crippen molar-refractivity contribution in [2.75, 3.05) is 6.61 Å². The second-order valence-corrected chi connectivity index (χ2v) is 4.61. The lowest BCUT2D eigenvalue weighted by molar-refractivity contribution is -0.132. The van der Waals surface area contributed by atoms with Gasteiger partial charge in [0.25, 0.3) is 5.56 Å². The lowest BCUT2D eigenvalue weighted by Gasteiger charge is -2.24. The van der Waals surface area contributed by atoms with E-state index in [1.807, 2.05) is 4.98 Å². The predicted molar refractivity (Wildman–Crippen MR) is 65.0 cm³/mol. The summed E-state index contributed by atoms with van der Waals surface area (Å²) in [4.78, 5) is 24.7. The number of rotatable bonds is 2. The van der Waals surface area contributed by atoms with Gasteiger partial charge in [-0.1, -0.05) is 0 Å². The highest BCUT2D eigenvalue weighted by Crippen LogP contribution is 2.25. The summed E-state index contributed by atoms with van der Waals surface area (Å²) < 4.78 is 6.35. The van der Waals surface area contributed by atoms with Gasteiger partial charge >= 0.3 is 5.69 Å². The summed E-state index contributed by atoms with van der Waals surface area (Å²) in [6.45, 7) is -0.598. The fraction of sp³-hybridized carbons (Fsp3) is 0.636. The van der Waals surface area contributed by atoms with Crippen LogP contribution in [0.1, 0.15) is 12.6 Å². The van der Waals surface area contributed by atoms with E-state index in [0.29, 0.717) is 0 Å². The van der Waals surface area contributed by atoms with Gasteiger partial charge in [-0.2, -0.15) is 0 Å². The highest BCUT2D eigenvalue weighted by molar-refractivity contribution is 4.90. The summed E-state index contributed by atoms with van der Waals surface area (Å²) in [7, 11) is 0. The van der Waals surface area contributed by atoms with Gasteiger partial charge in [-0.3, -0.25) is 14.3 Å². The molecule has 1 aromatic heterocycles. The van der Waals surface area contributed by atoms with Crippen molar-refractivity contribution < 1.29 is 25.2 Å². The second-order valence-electron chi connectivity index (χ2n) is 4.61. The van der Waals surface area contributed by atoms with Gasteiger partial charge in [0.15, 0.2) is 0 Å². The van der Waals surface area contributed by atoms with Crippen LogP contribution in [-0.2, 0) is 4.74 Å². The Labute approximate surface area is 112 Å². The van der Waals surface area contributed by atoms with Gasteiger partial charge in [-0.25, -0.2) is 4.79 Å². The fourth-order valence-electron chi connectivity index (χ4n) is 2.12. The largest absolute Gasteiger partial charge is 0.394 e. The number of aromatic amines is 1. The van der Waals surface area contributed by atoms with E-state index in [-0.39, 0.29) is 6.42 Å². The van der Waals surface area contributed by atoms with Gasteiger partial charge in [-0.15, -0.1) is 0 Å². The van der Waals surface area contributed by atoms with Crippen LogP contribution in [0.3, 0.4) is 0 Å². The fourth-order valence-corrected chi connectivity index (χ4v) is 2.12. The Kier molecular flexibility index (Phi) is 4.35. The van der Waals surface area contributed by atoms with Gasteiger partial charge in [0.1, 0.15) is 24.5 Å². The normalized spacial score (nSPS) is 34.7. The van der Waals surface area contributed by atoms with Crippen LogP contribution in [0, 0.1) is 0 Å². The lowest BCUT2D eigenvalue weighted by Crippen LogP contribution is -2.44. The maximum Gasteiger partial charge on any atom is 0.330 e. The Morgan fingerprint density at radius 3 is 2.60 bits per heavy atom. The maximum atomic E-state index is 11.7. The summed E-state index contributed by atoms with van der Waals surface area (Å²) in [5.41, 5.74) is -1.34. The molecule has 1 unspecified atom stereocenters. The summed E-state index contributed by atoms with van der Waals surface area (Å²) in [5.74, 6) is 0. The van der Waals surface area contributed by atoms with Gasteiger partial charge in [-0.05, 0) is 0 Å². The first-order valence-electron chi connectivity index (χ1n) is 6.06. The smallest absolute Gasteiger partial charge is 0.330 e. The third-order valence-corrected chi connectivity index (χ3v) is 3.24. The molecule has 2 heterocycles. The van der Waals surface area contributed by atoms with Crippen LogP contribution in [0.5, 0.6) is 0 Å². The minimum Gasteiger partial charge on any atom is -0.394 e. The lowest BCUT2D eigenvalue weighted by atomic mass is 10.0. The van der Waals surface area contributed by atoms with Crippen LogP contribution in [0.25, 0.3) is 0 Å². The molecule has 0 radical (unpaired) electrons. The average Bonchev–Trinajstić information content (AvgIpc) is 2.51. The topological polar surface area (TPSA) is 145 Å². The van der Waals surface area contributed by atoms with Crippen LogP contribution < -0.4 is 11.2 Å². The molecule has 0 aromatic carbocycles. The third-order valence-electron chi connectivity index (χ3n) is 3.24. The zero-order chi connectivity index (χ0) is 14.9. The van der Waals surface area contributed by atoms with Gasteiger partial charge in [0.05, 0.1) is 12.7 Å². The van der Waals surface area contributed by atoms with Crippen LogP contribution >= 0.6 is 0 Å². The second kappa shape index (κ2) is 5.85. The standard InChI is InChI=1S/C11H16N2O7/c14-4-6-10(18)9(17)5(15)3-8(20-6)13-2-1-7(16)12-11(13)19/h1-2,5-6,8-10,14-15,17-18H,3-4H2,(H,12,16,19)/t5-,6-,8?,9-,10-/m1/s1. The van der Waals surface area contributed by atoms with E-state index in [0.717, 1.165) is 10.6 Å². The first-order valence-corrected chi connectivity index (χ1v) is 6.06. The quantitative estimate of drug-likeness (QED) is 0.387. The highest BCUT2D eigenvalue weighted by Gasteiger charge is 2.39. The Morgan fingerprint density at radius 1 is 1.30 bits per heavy atom. The van der Waals surface area contributed by atoms with Crippen molar-refractivity contribution in [2.45, 2.75) is 37.1 Å². The first kappa shape index (κ1) is 14.9. The van der Waals surface area contributed by atoms with Crippen LogP contribution in [0.15, 0.2) is 21.9 Å². The van der Waals surface area contributed by atoms with E-state index in [1.54, 1.807) is 0 Å². The number of ether oxygens (including phenoxy) is 1. The van der Waals surface area contributed by atoms with E-state index in [9.17, 15) is 24.9 Å². The number of hydrogen-bond acceptors (Lipinski definition) is 7. The molecule has 1 saturated heterocycles. The monoisotopic (exact) mass is 288 g/mol. The molecule has 2 rings (SSSR count). The van der Waals surface area contributed by atoms with E-state index < -0.39 is 48.5 Å². The van der Waals surface area contributed by atoms with Gasteiger partial charge < -0.3 is 25.2 Å². The molecule has 5 atom stereocenters. The summed E-state index contributed by atoms with van der Waals surface area (Å²) in [6, 6.07) is 1.10. The third kappa shape index (κ3) is 2.81. The molecule has 1 fully saturated rings. The van der Waals surface area contributed by atoms with Crippen molar-refractivity contribution >= 4 is 0 Å². The van der Waals surface area contributed by atoms with Gasteiger partial charge in [0, 0.05) is 18.7 Å². The Bertz CT molecular complexity index is 568. The minimum absolute atomic E-state index is 0.180. The molecular formula is C11H16N2O7. The van der Waals surface area contributed by atoms with Crippen LogP contribution in [0.2, 0.25) is 0 Å². The van der Waals surface area contributed by atoms with Gasteiger partial charge in [0.2, 0.25) is 0 Å². The molecule has 0 aliphatic carbocycles. The number of aliphatic hydroxyl groups excluding tert-OH is 4. The van der Waals surface area contributed by atoms with Crippen molar-refractivity contribution in [1.82, 2.24) is 9.55 Å². The molecule has 0 amide bonds. The van der Waals surface area contributed by atoms with E-state index in [2.05, 4.69) is 0 Å². The Hall–Kier alpha value is -1.52. The van der Waals surface area contributed by atoms with E-state index in [1.165, 1.54) is 6.20 Å². The first-order chi connectivity index (χ1) is 9.43. The Morgan fingerprint density at radius 2 is 2.00 bits per heavy atom. The van der Waals surface area contributed by atoms with Crippen molar-refractivity contribution in [3.05, 3.63) is 33.1 Å². The molecule has 1 aliphatic rings. The van der Waals surface area contributed by atoms with E-state index in [4.69, 9.17) is 9.84 Å². The molecule has 0 saturated carbocycles. The van der Waals surface area contributed by atoms with Crippen LogP contribution in [0.4, 0.5) is 0 Å². The van der Waals surface area contributed by atoms with Crippen molar-refractivity contribution in [1.29, 1.82) is 0 Å². The van der Waals surface area contributed by atoms with Crippen LogP contribution in [-0.4, -0.2) is 61.0 Å². The zero-order valence-corrected chi connectivity index (χ0v) is 10.4. The summed E-state index contributed by atoms with van der Waals surface area (Å²) in [5, 5.41) is 38.3. The summed E-state index contributed by atoms with van der Waals surface area (Å²) in [6.07, 6.45) is -5.53. The molecule has 1 aliphatic heterocycles. The van der Waals surface area contributed by atoms with Crippen molar-refractivity contribution in [2.24, 2.45) is 0 Å². The van der Waals surface area contributed by atoms with E-state index >= 15 is 0 Å². The SMILES string of the molecule is O=c1ccn(C2C[C@@H](O)[C@@H](O)[C@H](O)[C@@H](CO)O2)c(=O)[nH]1. The minimum atomic E-state index is -1.50. The molecule has 9 nitrogen and oxygen atoms in total. The Balaban J connectivity index is 2.35. The summed E-state index contributed by atoms with van der Waals surface area (Å²) >= 11 is 0. The van der Waals surface area contributed by atoms with Crippen molar-refractivity contribution in [3.63, 3.8) is 0 Å². The highest BCUT2D eigenvalue weighted by atomic mass is 16.5. The molecule has 5 N–H and O–H groups in total. The van der Waals surface area contributed by atoms with Crippen molar-refractivity contribution in [3.8, 4) is 0 Å². The maximum absolute atomic E-state index is 11.7. The number of H-pyrrole nitrogens is 1. The zero-order valence-electron chi connectivity index (χ0n) is 10.4. The average molecular weight is 288 g/mol. The molecule has 9 heteroatoms. The molecule has 1 aromatic rings. The number of hydrogen-bond donors (Lipinski definition) is 5. The molecule has 0 spiro atoms. The number of aliphatic hydroxyl groups is 4. The number of aromatic nitrogens is 2. The number of nitrogens with one attached hydrogen (secondary N) is 1. The predicted octanol–water partition coefficient (Wildman–Crippen LogP) is -3.10. The molecular weight excluding hydrogens is 272 g/mol. The number of nitrogens with zero attached hydrogens (tertiary/aromatic N) is 1. The molecule has 20 heavy (non-hydrogen) atoms. The molecule has 0 bridgehead atoms.